The average molecular weight is 207 g/mol. The molecule has 1 saturated carbocycles. The quantitative estimate of drug-likeness (QED) is 0.815. The van der Waals surface area contributed by atoms with Gasteiger partial charge in [-0.25, -0.2) is 4.79 Å². The second kappa shape index (κ2) is 3.53. The van der Waals surface area contributed by atoms with Crippen LogP contribution in [0.5, 0.6) is 0 Å². The van der Waals surface area contributed by atoms with Crippen LogP contribution in [0.15, 0.2) is 16.9 Å². The zero-order chi connectivity index (χ0) is 11.0. The summed E-state index contributed by atoms with van der Waals surface area (Å²) < 4.78 is 1.57. The van der Waals surface area contributed by atoms with Crippen LogP contribution >= 0.6 is 0 Å². The zero-order valence-electron chi connectivity index (χ0n) is 8.56. The number of hydrogen-bond donors (Lipinski definition) is 1. The van der Waals surface area contributed by atoms with E-state index < -0.39 is 5.97 Å². The maximum Gasteiger partial charge on any atom is 0.341 e. The van der Waals surface area contributed by atoms with Crippen LogP contribution in [0.25, 0.3) is 0 Å². The van der Waals surface area contributed by atoms with E-state index >= 15 is 0 Å². The van der Waals surface area contributed by atoms with Crippen molar-refractivity contribution in [1.82, 2.24) is 4.57 Å². The van der Waals surface area contributed by atoms with Crippen LogP contribution in [0.1, 0.15) is 41.7 Å². The first-order valence-electron chi connectivity index (χ1n) is 5.12. The molecule has 80 valence electrons. The van der Waals surface area contributed by atoms with Crippen LogP contribution in [0, 0.1) is 0 Å². The van der Waals surface area contributed by atoms with Crippen LogP contribution in [0.2, 0.25) is 0 Å². The second-order valence-corrected chi connectivity index (χ2v) is 3.80. The highest BCUT2D eigenvalue weighted by atomic mass is 16.4. The Kier molecular flexibility index (Phi) is 2.34. The Morgan fingerprint density at radius 3 is 2.67 bits per heavy atom. The van der Waals surface area contributed by atoms with Crippen molar-refractivity contribution in [3.8, 4) is 0 Å². The van der Waals surface area contributed by atoms with Gasteiger partial charge in [0.2, 0.25) is 0 Å². The molecule has 4 nitrogen and oxygen atoms in total. The van der Waals surface area contributed by atoms with Gasteiger partial charge in [-0.1, -0.05) is 0 Å². The maximum atomic E-state index is 11.8. The summed E-state index contributed by atoms with van der Waals surface area (Å²) in [5.41, 5.74) is 0.461. The predicted octanol–water partition coefficient (Wildman–Crippen LogP) is 1.44. The number of nitrogens with zero attached hydrogens (tertiary/aromatic N) is 1. The van der Waals surface area contributed by atoms with Crippen molar-refractivity contribution >= 4 is 5.97 Å². The molecule has 4 heteroatoms. The molecular formula is C11H13NO3. The predicted molar refractivity (Wildman–Crippen MR) is 55.3 cm³/mol. The lowest BCUT2D eigenvalue weighted by Gasteiger charge is -2.10. The molecule has 1 N–H and O–H groups in total. The Morgan fingerprint density at radius 1 is 1.53 bits per heavy atom. The standard InChI is InChI=1S/C11H13NO3/c1-2-12-9(7-3-4-7)6-5-8(10(12)13)11(14)15/h5-7H,2-4H2,1H3,(H,14,15). The van der Waals surface area contributed by atoms with Gasteiger partial charge in [-0.05, 0) is 37.8 Å². The molecule has 0 aliphatic heterocycles. The highest BCUT2D eigenvalue weighted by molar-refractivity contribution is 5.87. The summed E-state index contributed by atoms with van der Waals surface area (Å²) in [6.07, 6.45) is 2.21. The van der Waals surface area contributed by atoms with E-state index in [0.717, 1.165) is 18.5 Å². The molecule has 0 saturated heterocycles. The number of aromatic nitrogens is 1. The van der Waals surface area contributed by atoms with Gasteiger partial charge in [0.15, 0.2) is 0 Å². The number of carboxylic acid groups (broad SMARTS) is 1. The molecule has 0 amide bonds. The molecule has 0 unspecified atom stereocenters. The van der Waals surface area contributed by atoms with Crippen LogP contribution in [-0.4, -0.2) is 15.6 Å². The van der Waals surface area contributed by atoms with E-state index in [1.54, 1.807) is 10.6 Å². The van der Waals surface area contributed by atoms with E-state index in [4.69, 9.17) is 5.11 Å². The molecule has 1 aliphatic carbocycles. The normalized spacial score (nSPS) is 15.3. The van der Waals surface area contributed by atoms with Crippen LogP contribution in [-0.2, 0) is 6.54 Å². The molecular weight excluding hydrogens is 194 g/mol. The Morgan fingerprint density at radius 2 is 2.20 bits per heavy atom. The largest absolute Gasteiger partial charge is 0.477 e. The number of carbonyl (C=O) groups is 1. The SMILES string of the molecule is CCn1c(C2CC2)ccc(C(=O)O)c1=O. The Labute approximate surface area is 87.2 Å². The summed E-state index contributed by atoms with van der Waals surface area (Å²) in [5, 5.41) is 8.82. The highest BCUT2D eigenvalue weighted by Crippen LogP contribution is 2.39. The van der Waals surface area contributed by atoms with Crippen molar-refractivity contribution in [2.45, 2.75) is 32.2 Å². The third-order valence-electron chi connectivity index (χ3n) is 2.75. The maximum absolute atomic E-state index is 11.8. The van der Waals surface area contributed by atoms with Gasteiger partial charge in [0, 0.05) is 12.2 Å². The topological polar surface area (TPSA) is 59.3 Å². The minimum absolute atomic E-state index is 0.138. The fourth-order valence-corrected chi connectivity index (χ4v) is 1.82. The number of aromatic carboxylic acids is 1. The lowest BCUT2D eigenvalue weighted by molar-refractivity contribution is 0.0694. The lowest BCUT2D eigenvalue weighted by atomic mass is 10.2. The molecule has 0 aromatic carbocycles. The molecule has 0 atom stereocenters. The molecule has 2 rings (SSSR count). The molecule has 0 bridgehead atoms. The van der Waals surface area contributed by atoms with Crippen molar-refractivity contribution in [3.05, 3.63) is 33.7 Å². The molecule has 1 aromatic heterocycles. The fourth-order valence-electron chi connectivity index (χ4n) is 1.82. The minimum Gasteiger partial charge on any atom is -0.477 e. The Hall–Kier alpha value is -1.58. The monoisotopic (exact) mass is 207 g/mol. The van der Waals surface area contributed by atoms with E-state index in [9.17, 15) is 9.59 Å². The first-order valence-corrected chi connectivity index (χ1v) is 5.12. The smallest absolute Gasteiger partial charge is 0.341 e. The van der Waals surface area contributed by atoms with Gasteiger partial charge < -0.3 is 9.67 Å². The van der Waals surface area contributed by atoms with E-state index in [2.05, 4.69) is 0 Å². The molecule has 0 spiro atoms. The van der Waals surface area contributed by atoms with E-state index in [1.807, 2.05) is 6.92 Å². The first kappa shape index (κ1) is 9.96. The van der Waals surface area contributed by atoms with Crippen LogP contribution in [0.3, 0.4) is 0 Å². The van der Waals surface area contributed by atoms with Crippen molar-refractivity contribution in [3.63, 3.8) is 0 Å². The average Bonchev–Trinajstić information content (AvgIpc) is 2.99. The van der Waals surface area contributed by atoms with Gasteiger partial charge in [-0.15, -0.1) is 0 Å². The van der Waals surface area contributed by atoms with Gasteiger partial charge >= 0.3 is 5.97 Å². The zero-order valence-corrected chi connectivity index (χ0v) is 8.56. The number of hydrogen-bond acceptors (Lipinski definition) is 2. The van der Waals surface area contributed by atoms with Gasteiger partial charge in [0.05, 0.1) is 0 Å². The minimum atomic E-state index is -1.15. The van der Waals surface area contributed by atoms with E-state index in [-0.39, 0.29) is 11.1 Å². The van der Waals surface area contributed by atoms with Crippen molar-refractivity contribution in [2.75, 3.05) is 0 Å². The summed E-state index contributed by atoms with van der Waals surface area (Å²) in [4.78, 5) is 22.5. The van der Waals surface area contributed by atoms with Crippen molar-refractivity contribution < 1.29 is 9.90 Å². The molecule has 1 aliphatic rings. The highest BCUT2D eigenvalue weighted by Gasteiger charge is 2.27. The van der Waals surface area contributed by atoms with E-state index in [0.29, 0.717) is 12.5 Å². The summed E-state index contributed by atoms with van der Waals surface area (Å²) in [5.74, 6) is -0.690. The summed E-state index contributed by atoms with van der Waals surface area (Å²) in [6.45, 7) is 2.39. The second-order valence-electron chi connectivity index (χ2n) is 3.80. The summed E-state index contributed by atoms with van der Waals surface area (Å²) >= 11 is 0. The molecule has 15 heavy (non-hydrogen) atoms. The summed E-state index contributed by atoms with van der Waals surface area (Å²) in [7, 11) is 0. The Bertz CT molecular complexity index is 457. The third-order valence-corrected chi connectivity index (χ3v) is 2.75. The lowest BCUT2D eigenvalue weighted by Crippen LogP contribution is -2.27. The molecule has 1 fully saturated rings. The first-order chi connectivity index (χ1) is 7.15. The van der Waals surface area contributed by atoms with Crippen LogP contribution in [0.4, 0.5) is 0 Å². The van der Waals surface area contributed by atoms with Crippen molar-refractivity contribution in [1.29, 1.82) is 0 Å². The molecule has 0 radical (unpaired) electrons. The van der Waals surface area contributed by atoms with Gasteiger partial charge in [-0.2, -0.15) is 0 Å². The van der Waals surface area contributed by atoms with Crippen LogP contribution < -0.4 is 5.56 Å². The number of carboxylic acids is 1. The molecule has 1 heterocycles. The van der Waals surface area contributed by atoms with Crippen molar-refractivity contribution in [2.24, 2.45) is 0 Å². The summed E-state index contributed by atoms with van der Waals surface area (Å²) in [6, 6.07) is 3.19. The Balaban J connectivity index is 2.58. The van der Waals surface area contributed by atoms with Gasteiger partial charge in [0.25, 0.3) is 5.56 Å². The number of rotatable bonds is 3. The fraction of sp³-hybridized carbons (Fsp3) is 0.455. The number of pyridine rings is 1. The van der Waals surface area contributed by atoms with Gasteiger partial charge in [-0.3, -0.25) is 4.79 Å². The van der Waals surface area contributed by atoms with E-state index in [1.165, 1.54) is 6.07 Å². The van der Waals surface area contributed by atoms with Gasteiger partial charge in [0.1, 0.15) is 5.56 Å². The molecule has 1 aromatic rings. The third kappa shape index (κ3) is 1.67.